The van der Waals surface area contributed by atoms with E-state index in [2.05, 4.69) is 93.3 Å². The summed E-state index contributed by atoms with van der Waals surface area (Å²) in [5, 5.41) is 20.3. The van der Waals surface area contributed by atoms with E-state index < -0.39 is 31.3 Å². The molecular weight excluding hydrogens is 1130 g/mol. The SMILES string of the molecule is CC1(C)OB(B2OC(C)(C)C(C)(C)O2)OC1(C)C.CCCc1cc(-c2ccnc(Nc3cnn(C)c3)n2)ccc1CNC(=O)OC(C)(C)C.CCCc1cc(Br)ccc1CNC(=O)OC(C)(C)C.Cn1cc(Nc2nccc(Cl)n2)cn1. The van der Waals surface area contributed by atoms with Crippen LogP contribution in [-0.2, 0) is 68.1 Å². The van der Waals surface area contributed by atoms with Gasteiger partial charge in [0.2, 0.25) is 11.9 Å². The van der Waals surface area contributed by atoms with Crippen LogP contribution in [0.2, 0.25) is 5.15 Å². The molecule has 0 bridgehead atoms. The lowest BCUT2D eigenvalue weighted by Crippen LogP contribution is -2.41. The van der Waals surface area contributed by atoms with Crippen molar-refractivity contribution in [2.75, 3.05) is 10.6 Å². The Morgan fingerprint density at radius 3 is 1.43 bits per heavy atom. The molecule has 6 heterocycles. The number of carbonyl (C=O) groups is 2. The second-order valence-electron chi connectivity index (χ2n) is 23.9. The number of benzene rings is 2. The number of nitrogens with zero attached hydrogens (tertiary/aromatic N) is 8. The van der Waals surface area contributed by atoms with E-state index in [1.54, 1.807) is 40.2 Å². The van der Waals surface area contributed by atoms with Gasteiger partial charge in [0.05, 0.1) is 51.9 Å². The smallest absolute Gasteiger partial charge is 0.444 e. The molecule has 444 valence electrons. The van der Waals surface area contributed by atoms with Crippen molar-refractivity contribution >= 4 is 77.0 Å². The topological polar surface area (TPSA) is 225 Å². The number of carbonyl (C=O) groups excluding carboxylic acids is 2. The van der Waals surface area contributed by atoms with E-state index in [9.17, 15) is 9.59 Å². The number of hydrogen-bond acceptors (Lipinski definition) is 16. The molecule has 20 nitrogen and oxygen atoms in total. The van der Waals surface area contributed by atoms with Gasteiger partial charge in [-0.3, -0.25) is 9.36 Å². The Hall–Kier alpha value is -6.10. The lowest BCUT2D eigenvalue weighted by molar-refractivity contribution is 0.00578. The molecule has 4 aromatic heterocycles. The van der Waals surface area contributed by atoms with Crippen LogP contribution in [0.3, 0.4) is 0 Å². The summed E-state index contributed by atoms with van der Waals surface area (Å²) in [7, 11) is 2.74. The molecule has 2 aliphatic heterocycles. The molecule has 0 radical (unpaired) electrons. The third-order valence-corrected chi connectivity index (χ3v) is 14.0. The molecule has 8 rings (SSSR count). The molecule has 24 heteroatoms. The van der Waals surface area contributed by atoms with Crippen molar-refractivity contribution in [1.29, 1.82) is 0 Å². The maximum absolute atomic E-state index is 12.0. The summed E-state index contributed by atoms with van der Waals surface area (Å²) in [5.41, 5.74) is 5.70. The van der Waals surface area contributed by atoms with Gasteiger partial charge in [0.15, 0.2) is 0 Å². The quantitative estimate of drug-likeness (QED) is 0.0588. The predicted molar refractivity (Wildman–Crippen MR) is 328 cm³/mol. The molecule has 2 fully saturated rings. The molecule has 82 heavy (non-hydrogen) atoms. The maximum Gasteiger partial charge on any atom is 0.488 e. The van der Waals surface area contributed by atoms with Crippen LogP contribution in [0.25, 0.3) is 11.3 Å². The highest BCUT2D eigenvalue weighted by Gasteiger charge is 2.63. The van der Waals surface area contributed by atoms with Crippen LogP contribution in [0.4, 0.5) is 32.9 Å². The van der Waals surface area contributed by atoms with E-state index in [1.165, 1.54) is 11.1 Å². The van der Waals surface area contributed by atoms with Gasteiger partial charge >= 0.3 is 26.2 Å². The molecule has 0 saturated carbocycles. The highest BCUT2D eigenvalue weighted by molar-refractivity contribution is 9.10. The highest BCUT2D eigenvalue weighted by atomic mass is 79.9. The third-order valence-electron chi connectivity index (χ3n) is 13.3. The summed E-state index contributed by atoms with van der Waals surface area (Å²) < 4.78 is 38.9. The summed E-state index contributed by atoms with van der Waals surface area (Å²) in [5.74, 6) is 0.976. The summed E-state index contributed by atoms with van der Waals surface area (Å²) in [4.78, 5) is 40.6. The summed E-state index contributed by atoms with van der Waals surface area (Å²) in [6.45, 7) is 32.5. The van der Waals surface area contributed by atoms with Crippen LogP contribution in [0.15, 0.2) is 90.2 Å². The molecule has 0 aliphatic carbocycles. The Balaban J connectivity index is 0.000000210. The first-order valence-corrected chi connectivity index (χ1v) is 28.7. The normalized spacial score (nSPS) is 15.6. The molecule has 2 aliphatic rings. The molecule has 0 spiro atoms. The van der Waals surface area contributed by atoms with Gasteiger partial charge < -0.3 is 49.4 Å². The van der Waals surface area contributed by atoms with Crippen molar-refractivity contribution in [3.63, 3.8) is 0 Å². The molecule has 4 N–H and O–H groups in total. The van der Waals surface area contributed by atoms with Crippen molar-refractivity contribution < 1.29 is 37.7 Å². The monoisotopic (exact) mass is 1210 g/mol. The lowest BCUT2D eigenvalue weighted by atomic mass is 9.49. The molecule has 6 aromatic rings. The Bertz CT molecular complexity index is 2990. The molecule has 2 aromatic carbocycles. The van der Waals surface area contributed by atoms with E-state index in [0.717, 1.165) is 63.9 Å². The van der Waals surface area contributed by atoms with Gasteiger partial charge in [0.25, 0.3) is 0 Å². The third kappa shape index (κ3) is 20.7. The fourth-order valence-corrected chi connectivity index (χ4v) is 8.44. The van der Waals surface area contributed by atoms with Gasteiger partial charge in [-0.05, 0) is 162 Å². The molecular formula is C58H84B2BrClN12O8. The molecule has 0 unspecified atom stereocenters. The number of rotatable bonds is 14. The largest absolute Gasteiger partial charge is 0.488 e. The van der Waals surface area contributed by atoms with Crippen LogP contribution in [0.5, 0.6) is 0 Å². The summed E-state index contributed by atoms with van der Waals surface area (Å²) >= 11 is 9.18. The number of anilines is 4. The molecule has 2 saturated heterocycles. The number of nitrogens with one attached hydrogen (secondary N) is 4. The first-order chi connectivity index (χ1) is 38.2. The average molecular weight is 1210 g/mol. The van der Waals surface area contributed by atoms with E-state index in [1.807, 2.05) is 154 Å². The van der Waals surface area contributed by atoms with E-state index in [-0.39, 0.29) is 28.5 Å². The predicted octanol–water partition coefficient (Wildman–Crippen LogP) is 12.9. The zero-order valence-corrected chi connectivity index (χ0v) is 53.4. The summed E-state index contributed by atoms with van der Waals surface area (Å²) in [6.07, 6.45) is 13.6. The number of aromatic nitrogens is 8. The maximum atomic E-state index is 12.0. The van der Waals surface area contributed by atoms with E-state index in [0.29, 0.717) is 30.1 Å². The van der Waals surface area contributed by atoms with Crippen LogP contribution in [0, 0.1) is 0 Å². The number of hydrogen-bond donors (Lipinski definition) is 4. The Morgan fingerprint density at radius 2 is 1.02 bits per heavy atom. The van der Waals surface area contributed by atoms with Crippen molar-refractivity contribution in [3.8, 4) is 11.3 Å². The first-order valence-electron chi connectivity index (χ1n) is 27.5. The lowest BCUT2D eigenvalue weighted by Gasteiger charge is -2.32. The van der Waals surface area contributed by atoms with Crippen molar-refractivity contribution in [1.82, 2.24) is 50.1 Å². The number of aryl methyl sites for hydroxylation is 4. The zero-order chi connectivity index (χ0) is 60.8. The van der Waals surface area contributed by atoms with Gasteiger partial charge in [0.1, 0.15) is 16.4 Å². The van der Waals surface area contributed by atoms with Gasteiger partial charge in [0, 0.05) is 62.0 Å². The Labute approximate surface area is 499 Å². The van der Waals surface area contributed by atoms with Crippen LogP contribution < -0.4 is 21.3 Å². The highest BCUT2D eigenvalue weighted by Crippen LogP contribution is 2.43. The van der Waals surface area contributed by atoms with Crippen LogP contribution in [-0.4, -0.2) is 99.3 Å². The molecule has 0 atom stereocenters. The first kappa shape index (κ1) is 66.7. The van der Waals surface area contributed by atoms with E-state index >= 15 is 0 Å². The Kier molecular flexibility index (Phi) is 23.1. The number of alkyl carbamates (subject to hydrolysis) is 2. The zero-order valence-electron chi connectivity index (χ0n) is 51.1. The Morgan fingerprint density at radius 1 is 0.610 bits per heavy atom. The fraction of sp³-hybridized carbons (Fsp3) is 0.517. The standard InChI is InChI=1S/C23H30N6O2.C15H22BrNO2.C12H24B2O4.C8H8ClN5/c1-6-7-16-12-17(8-9-18(16)13-25-22(30)31-23(2,3)4)20-10-11-24-21(28-20)27-19-14-26-29(5)15-19;1-5-6-11-9-13(16)8-7-12(11)10-17-14(18)19-15(2,3)4;1-9(2)10(3,4)16-13(15-9)14-17-11(5,6)12(7,8)18-14;1-14-5-6(4-11-14)12-8-10-3-2-7(9)13-8/h8-12,14-15H,6-7,13H2,1-5H3,(H,25,30)(H,24,27,28);7-9H,5-6,10H2,1-4H3,(H,17,18);1-8H3;2-5H,1H3,(H,10,12,13). The van der Waals surface area contributed by atoms with Crippen molar-refractivity contribution in [2.24, 2.45) is 14.1 Å². The van der Waals surface area contributed by atoms with Gasteiger partial charge in [-0.2, -0.15) is 10.2 Å². The summed E-state index contributed by atoms with van der Waals surface area (Å²) in [6, 6.07) is 15.8. The minimum atomic E-state index is -0.519. The van der Waals surface area contributed by atoms with Crippen LogP contribution in [0.1, 0.15) is 146 Å². The van der Waals surface area contributed by atoms with Crippen molar-refractivity contribution in [3.05, 3.63) is 118 Å². The number of amides is 2. The minimum Gasteiger partial charge on any atom is -0.444 e. The van der Waals surface area contributed by atoms with Gasteiger partial charge in [-0.25, -0.2) is 29.5 Å². The second kappa shape index (κ2) is 28.5. The number of halogens is 2. The van der Waals surface area contributed by atoms with Crippen LogP contribution >= 0.6 is 27.5 Å². The van der Waals surface area contributed by atoms with Gasteiger partial charge in [-0.15, -0.1) is 0 Å². The number of ether oxygens (including phenoxy) is 2. The fourth-order valence-electron chi connectivity index (χ4n) is 7.90. The minimum absolute atomic E-state index is 0.360. The second-order valence-corrected chi connectivity index (χ2v) is 25.2. The van der Waals surface area contributed by atoms with E-state index in [4.69, 9.17) is 39.7 Å². The van der Waals surface area contributed by atoms with Crippen molar-refractivity contribution in [2.45, 2.75) is 183 Å². The average Bonchev–Trinajstić information content (AvgIpc) is 3.33. The molecule has 2 amide bonds. The van der Waals surface area contributed by atoms with Gasteiger partial charge in [-0.1, -0.05) is 72.4 Å².